The molecule has 1 aliphatic rings. The molecule has 1 aromatic carbocycles. The van der Waals surface area contributed by atoms with Crippen LogP contribution < -0.4 is 10.6 Å². The highest BCUT2D eigenvalue weighted by atomic mass is 16.5. The van der Waals surface area contributed by atoms with Crippen molar-refractivity contribution in [3.8, 4) is 0 Å². The van der Waals surface area contributed by atoms with Crippen molar-refractivity contribution in [2.45, 2.75) is 12.8 Å². The number of nitrogens with one attached hydrogen (secondary N) is 2. The van der Waals surface area contributed by atoms with E-state index in [9.17, 15) is 14.4 Å². The van der Waals surface area contributed by atoms with E-state index in [1.54, 1.807) is 11.0 Å². The van der Waals surface area contributed by atoms with Gasteiger partial charge in [0.25, 0.3) is 5.91 Å². The largest absolute Gasteiger partial charge is 0.451 e. The zero-order valence-corrected chi connectivity index (χ0v) is 15.6. The number of rotatable bonds is 4. The first-order valence-electron chi connectivity index (χ1n) is 9.37. The normalized spacial score (nSPS) is 14.7. The molecule has 1 aliphatic heterocycles. The van der Waals surface area contributed by atoms with E-state index in [0.717, 1.165) is 18.2 Å². The Hall–Kier alpha value is -3.62. The van der Waals surface area contributed by atoms with Gasteiger partial charge in [0.05, 0.1) is 0 Å². The van der Waals surface area contributed by atoms with Crippen molar-refractivity contribution in [1.29, 1.82) is 0 Å². The topological polar surface area (TPSA) is 118 Å². The number of aromatic nitrogens is 1. The summed E-state index contributed by atoms with van der Waals surface area (Å²) in [6.07, 6.45) is 2.77. The van der Waals surface area contributed by atoms with Crippen LogP contribution in [0.5, 0.6) is 0 Å². The second kappa shape index (κ2) is 8.17. The van der Waals surface area contributed by atoms with Gasteiger partial charge in [0.1, 0.15) is 11.8 Å². The van der Waals surface area contributed by atoms with E-state index in [0.29, 0.717) is 31.0 Å². The minimum absolute atomic E-state index is 0.129. The van der Waals surface area contributed by atoms with Crippen molar-refractivity contribution >= 4 is 34.5 Å². The van der Waals surface area contributed by atoms with Gasteiger partial charge in [-0.3, -0.25) is 19.7 Å². The quantitative estimate of drug-likeness (QED) is 0.652. The van der Waals surface area contributed by atoms with Crippen LogP contribution in [-0.4, -0.2) is 47.4 Å². The van der Waals surface area contributed by atoms with Crippen molar-refractivity contribution < 1.29 is 23.3 Å². The fourth-order valence-corrected chi connectivity index (χ4v) is 3.35. The van der Waals surface area contributed by atoms with Crippen LogP contribution in [0.3, 0.4) is 0 Å². The number of carbonyl (C=O) groups is 3. The SMILES string of the molecule is O=C(NCC1CCN(C(=O)c2cc3ccccc3o2)CC1)C(=O)Nc1ccon1. The molecule has 1 saturated heterocycles. The maximum Gasteiger partial charge on any atom is 0.314 e. The molecule has 9 heteroatoms. The molecule has 3 amide bonds. The van der Waals surface area contributed by atoms with E-state index in [1.165, 1.54) is 12.3 Å². The average molecular weight is 396 g/mol. The molecular formula is C20H20N4O5. The van der Waals surface area contributed by atoms with E-state index in [1.807, 2.05) is 24.3 Å². The standard InChI is InChI=1S/C20H20N4O5/c25-18(19(26)22-17-7-10-28-23-17)21-12-13-5-8-24(9-6-13)20(27)16-11-14-3-1-2-4-15(14)29-16/h1-4,7,10-11,13H,5-6,8-9,12H2,(H,21,25)(H,22,23,26). The van der Waals surface area contributed by atoms with Crippen molar-refractivity contribution in [2.75, 3.05) is 25.0 Å². The molecule has 1 fully saturated rings. The lowest BCUT2D eigenvalue weighted by molar-refractivity contribution is -0.136. The fourth-order valence-electron chi connectivity index (χ4n) is 3.35. The van der Waals surface area contributed by atoms with Crippen molar-refractivity contribution in [2.24, 2.45) is 5.92 Å². The summed E-state index contributed by atoms with van der Waals surface area (Å²) < 4.78 is 10.2. The molecule has 150 valence electrons. The predicted molar refractivity (Wildman–Crippen MR) is 103 cm³/mol. The lowest BCUT2D eigenvalue weighted by atomic mass is 9.96. The van der Waals surface area contributed by atoms with Crippen molar-refractivity contribution in [1.82, 2.24) is 15.4 Å². The Morgan fingerprint density at radius 1 is 1.10 bits per heavy atom. The van der Waals surface area contributed by atoms with Gasteiger partial charge in [0.2, 0.25) is 0 Å². The van der Waals surface area contributed by atoms with Gasteiger partial charge in [-0.15, -0.1) is 0 Å². The van der Waals surface area contributed by atoms with Gasteiger partial charge in [0.15, 0.2) is 11.6 Å². The molecule has 0 atom stereocenters. The van der Waals surface area contributed by atoms with E-state index in [4.69, 9.17) is 4.42 Å². The van der Waals surface area contributed by atoms with Gasteiger partial charge in [-0.2, -0.15) is 0 Å². The van der Waals surface area contributed by atoms with Gasteiger partial charge in [-0.1, -0.05) is 23.4 Å². The molecule has 4 rings (SSSR count). The molecule has 3 aromatic rings. The van der Waals surface area contributed by atoms with Gasteiger partial charge in [0, 0.05) is 31.1 Å². The number of hydrogen-bond donors (Lipinski definition) is 2. The Morgan fingerprint density at radius 2 is 1.90 bits per heavy atom. The summed E-state index contributed by atoms with van der Waals surface area (Å²) in [6.45, 7) is 1.51. The first-order chi connectivity index (χ1) is 14.1. The van der Waals surface area contributed by atoms with Crippen LogP contribution in [0.15, 0.2) is 51.6 Å². The van der Waals surface area contributed by atoms with Crippen LogP contribution in [0.4, 0.5) is 5.82 Å². The molecule has 29 heavy (non-hydrogen) atoms. The minimum atomic E-state index is -0.795. The Morgan fingerprint density at radius 3 is 2.62 bits per heavy atom. The summed E-state index contributed by atoms with van der Waals surface area (Å²) in [4.78, 5) is 38.1. The number of carbonyl (C=O) groups excluding carboxylic acids is 3. The third-order valence-electron chi connectivity index (χ3n) is 4.97. The summed E-state index contributed by atoms with van der Waals surface area (Å²) in [5, 5.41) is 9.39. The predicted octanol–water partition coefficient (Wildman–Crippen LogP) is 2.03. The Bertz CT molecular complexity index is 986. The number of likely N-dealkylation sites (tertiary alicyclic amines) is 1. The second-order valence-electron chi connectivity index (χ2n) is 6.93. The molecule has 0 saturated carbocycles. The van der Waals surface area contributed by atoms with Gasteiger partial charge in [-0.25, -0.2) is 0 Å². The molecular weight excluding hydrogens is 376 g/mol. The highest BCUT2D eigenvalue weighted by Crippen LogP contribution is 2.23. The number of hydrogen-bond acceptors (Lipinski definition) is 6. The number of furan rings is 1. The molecule has 0 radical (unpaired) electrons. The average Bonchev–Trinajstić information content (AvgIpc) is 3.41. The number of para-hydroxylation sites is 1. The van der Waals surface area contributed by atoms with Crippen LogP contribution in [0, 0.1) is 5.92 Å². The number of amides is 3. The molecule has 0 unspecified atom stereocenters. The zero-order chi connectivity index (χ0) is 20.2. The first kappa shape index (κ1) is 18.7. The highest BCUT2D eigenvalue weighted by Gasteiger charge is 2.26. The second-order valence-corrected chi connectivity index (χ2v) is 6.93. The lowest BCUT2D eigenvalue weighted by Crippen LogP contribution is -2.43. The third kappa shape index (κ3) is 4.29. The zero-order valence-electron chi connectivity index (χ0n) is 15.6. The van der Waals surface area contributed by atoms with Crippen LogP contribution in [0.25, 0.3) is 11.0 Å². The Kier molecular flexibility index (Phi) is 5.28. The summed E-state index contributed by atoms with van der Waals surface area (Å²) in [6, 6.07) is 10.7. The first-order valence-corrected chi connectivity index (χ1v) is 9.37. The van der Waals surface area contributed by atoms with Gasteiger partial charge >= 0.3 is 11.8 Å². The molecule has 9 nitrogen and oxygen atoms in total. The number of anilines is 1. The monoisotopic (exact) mass is 396 g/mol. The number of nitrogens with zero attached hydrogens (tertiary/aromatic N) is 2. The summed E-state index contributed by atoms with van der Waals surface area (Å²) in [5.74, 6) is -0.940. The summed E-state index contributed by atoms with van der Waals surface area (Å²) in [5.41, 5.74) is 0.692. The number of fused-ring (bicyclic) bond motifs is 1. The molecule has 2 aromatic heterocycles. The van der Waals surface area contributed by atoms with Crippen LogP contribution >= 0.6 is 0 Å². The fraction of sp³-hybridized carbons (Fsp3) is 0.300. The van der Waals surface area contributed by atoms with E-state index in [-0.39, 0.29) is 17.6 Å². The van der Waals surface area contributed by atoms with Crippen LogP contribution in [-0.2, 0) is 9.59 Å². The Labute approximate surface area is 166 Å². The molecule has 0 bridgehead atoms. The van der Waals surface area contributed by atoms with Gasteiger partial charge < -0.3 is 19.2 Å². The molecule has 3 heterocycles. The van der Waals surface area contributed by atoms with Crippen molar-refractivity contribution in [3.05, 3.63) is 48.4 Å². The van der Waals surface area contributed by atoms with Crippen LogP contribution in [0.2, 0.25) is 0 Å². The summed E-state index contributed by atoms with van der Waals surface area (Å²) in [7, 11) is 0. The number of piperidine rings is 1. The maximum atomic E-state index is 12.7. The molecule has 2 N–H and O–H groups in total. The highest BCUT2D eigenvalue weighted by molar-refractivity contribution is 6.39. The molecule has 0 spiro atoms. The minimum Gasteiger partial charge on any atom is -0.451 e. The van der Waals surface area contributed by atoms with Gasteiger partial charge in [-0.05, 0) is 30.9 Å². The smallest absolute Gasteiger partial charge is 0.314 e. The third-order valence-corrected chi connectivity index (χ3v) is 4.97. The van der Waals surface area contributed by atoms with Crippen molar-refractivity contribution in [3.63, 3.8) is 0 Å². The Balaban J connectivity index is 1.24. The van der Waals surface area contributed by atoms with E-state index in [2.05, 4.69) is 20.3 Å². The number of benzene rings is 1. The van der Waals surface area contributed by atoms with E-state index < -0.39 is 11.8 Å². The maximum absolute atomic E-state index is 12.7. The summed E-state index contributed by atoms with van der Waals surface area (Å²) >= 11 is 0. The molecule has 0 aliphatic carbocycles. The van der Waals surface area contributed by atoms with Crippen LogP contribution in [0.1, 0.15) is 23.4 Å². The van der Waals surface area contributed by atoms with E-state index >= 15 is 0 Å². The lowest BCUT2D eigenvalue weighted by Gasteiger charge is -2.31.